The molecule has 2 N–H and O–H groups in total. The van der Waals surface area contributed by atoms with Gasteiger partial charge in [0.1, 0.15) is 11.6 Å². The van der Waals surface area contributed by atoms with E-state index in [2.05, 4.69) is 37.6 Å². The van der Waals surface area contributed by atoms with E-state index < -0.39 is 0 Å². The number of rotatable bonds is 6. The standard InChI is InChI=1S/C24H26FN5O/c1-17-4-6-18(7-5-17)15-27-23(31)19-3-2-14-30(16-19)22-12-13-26-24(29-22)28-21-10-8-20(25)9-11-21/h4-13,19H,2-3,14-16H2,1H3,(H,27,31)(H,26,28,29)/t19-/m0/s1. The van der Waals surface area contributed by atoms with Crippen LogP contribution in [-0.2, 0) is 11.3 Å². The number of nitrogens with one attached hydrogen (secondary N) is 2. The molecule has 160 valence electrons. The normalized spacial score (nSPS) is 16.1. The SMILES string of the molecule is Cc1ccc(CNC(=O)[C@H]2CCCN(c3ccnc(Nc4ccc(F)cc4)n3)C2)cc1. The molecule has 2 heterocycles. The predicted molar refractivity (Wildman–Crippen MR) is 120 cm³/mol. The van der Waals surface area contributed by atoms with Gasteiger partial charge < -0.3 is 15.5 Å². The van der Waals surface area contributed by atoms with Gasteiger partial charge in [-0.05, 0) is 55.7 Å². The van der Waals surface area contributed by atoms with Crippen LogP contribution in [0.4, 0.5) is 21.8 Å². The Morgan fingerprint density at radius 1 is 1.13 bits per heavy atom. The van der Waals surface area contributed by atoms with Crippen LogP contribution in [0.15, 0.2) is 60.8 Å². The molecule has 1 saturated heterocycles. The Labute approximate surface area is 181 Å². The van der Waals surface area contributed by atoms with Gasteiger partial charge in [0, 0.05) is 31.5 Å². The Morgan fingerprint density at radius 2 is 1.90 bits per heavy atom. The summed E-state index contributed by atoms with van der Waals surface area (Å²) in [5, 5.41) is 6.16. The van der Waals surface area contributed by atoms with Gasteiger partial charge >= 0.3 is 0 Å². The number of anilines is 3. The van der Waals surface area contributed by atoms with E-state index in [1.807, 2.05) is 25.1 Å². The number of carbonyl (C=O) groups is 1. The first-order valence-corrected chi connectivity index (χ1v) is 10.5. The van der Waals surface area contributed by atoms with E-state index in [0.717, 1.165) is 30.8 Å². The second kappa shape index (κ2) is 9.55. The van der Waals surface area contributed by atoms with Crippen molar-refractivity contribution in [1.29, 1.82) is 0 Å². The van der Waals surface area contributed by atoms with Crippen LogP contribution in [-0.4, -0.2) is 29.0 Å². The maximum Gasteiger partial charge on any atom is 0.229 e. The summed E-state index contributed by atoms with van der Waals surface area (Å²) in [5.74, 6) is 0.914. The van der Waals surface area contributed by atoms with Crippen LogP contribution in [0.1, 0.15) is 24.0 Å². The summed E-state index contributed by atoms with van der Waals surface area (Å²) in [6, 6.07) is 16.1. The number of benzene rings is 2. The lowest BCUT2D eigenvalue weighted by atomic mass is 9.97. The summed E-state index contributed by atoms with van der Waals surface area (Å²) in [4.78, 5) is 23.7. The molecule has 0 bridgehead atoms. The van der Waals surface area contributed by atoms with Crippen LogP contribution >= 0.6 is 0 Å². The average Bonchev–Trinajstić information content (AvgIpc) is 2.80. The molecule has 4 rings (SSSR count). The molecule has 0 unspecified atom stereocenters. The quantitative estimate of drug-likeness (QED) is 0.627. The number of aromatic nitrogens is 2. The van der Waals surface area contributed by atoms with E-state index in [9.17, 15) is 9.18 Å². The fraction of sp³-hybridized carbons (Fsp3) is 0.292. The summed E-state index contributed by atoms with van der Waals surface area (Å²) in [7, 11) is 0. The summed E-state index contributed by atoms with van der Waals surface area (Å²) in [5.41, 5.74) is 3.01. The zero-order chi connectivity index (χ0) is 21.6. The minimum absolute atomic E-state index is 0.0731. The Morgan fingerprint density at radius 3 is 2.68 bits per heavy atom. The molecule has 31 heavy (non-hydrogen) atoms. The topological polar surface area (TPSA) is 70.2 Å². The van der Waals surface area contributed by atoms with Crippen LogP contribution in [0.25, 0.3) is 0 Å². The van der Waals surface area contributed by atoms with Crippen LogP contribution in [0, 0.1) is 18.7 Å². The van der Waals surface area contributed by atoms with Crippen molar-refractivity contribution in [1.82, 2.24) is 15.3 Å². The van der Waals surface area contributed by atoms with Crippen molar-refractivity contribution in [2.45, 2.75) is 26.3 Å². The van der Waals surface area contributed by atoms with Crippen LogP contribution in [0.5, 0.6) is 0 Å². The number of nitrogens with zero attached hydrogens (tertiary/aromatic N) is 3. The van der Waals surface area contributed by atoms with Gasteiger partial charge in [-0.25, -0.2) is 9.37 Å². The predicted octanol–water partition coefficient (Wildman–Crippen LogP) is 4.20. The molecule has 7 heteroatoms. The van der Waals surface area contributed by atoms with Gasteiger partial charge in [0.05, 0.1) is 5.92 Å². The van der Waals surface area contributed by atoms with Crippen LogP contribution < -0.4 is 15.5 Å². The Kier molecular flexibility index (Phi) is 6.40. The van der Waals surface area contributed by atoms with Crippen molar-refractivity contribution in [2.75, 3.05) is 23.3 Å². The van der Waals surface area contributed by atoms with E-state index in [-0.39, 0.29) is 17.6 Å². The zero-order valence-electron chi connectivity index (χ0n) is 17.5. The van der Waals surface area contributed by atoms with Gasteiger partial charge in [0.15, 0.2) is 0 Å². The van der Waals surface area contributed by atoms with Crippen molar-refractivity contribution in [2.24, 2.45) is 5.92 Å². The Bertz CT molecular complexity index is 1020. The second-order valence-electron chi connectivity index (χ2n) is 7.86. The Hall–Kier alpha value is -3.48. The van der Waals surface area contributed by atoms with Gasteiger partial charge in [-0.2, -0.15) is 4.98 Å². The van der Waals surface area contributed by atoms with Gasteiger partial charge in [0.2, 0.25) is 11.9 Å². The third kappa shape index (κ3) is 5.57. The summed E-state index contributed by atoms with van der Waals surface area (Å²) in [6.45, 7) is 4.04. The van der Waals surface area contributed by atoms with Crippen molar-refractivity contribution in [3.8, 4) is 0 Å². The first-order valence-electron chi connectivity index (χ1n) is 10.5. The lowest BCUT2D eigenvalue weighted by molar-refractivity contribution is -0.125. The van der Waals surface area contributed by atoms with Crippen LogP contribution in [0.3, 0.4) is 0 Å². The molecule has 1 atom stereocenters. The minimum atomic E-state index is -0.291. The van der Waals surface area contributed by atoms with Crippen molar-refractivity contribution >= 4 is 23.4 Å². The van der Waals surface area contributed by atoms with Crippen LogP contribution in [0.2, 0.25) is 0 Å². The molecule has 1 fully saturated rings. The largest absolute Gasteiger partial charge is 0.356 e. The highest BCUT2D eigenvalue weighted by atomic mass is 19.1. The van der Waals surface area contributed by atoms with Crippen molar-refractivity contribution in [3.05, 3.63) is 77.7 Å². The molecule has 0 spiro atoms. The minimum Gasteiger partial charge on any atom is -0.356 e. The van der Waals surface area contributed by atoms with Gasteiger partial charge in [0.25, 0.3) is 0 Å². The zero-order valence-corrected chi connectivity index (χ0v) is 17.5. The second-order valence-corrected chi connectivity index (χ2v) is 7.86. The maximum absolute atomic E-state index is 13.1. The molecule has 2 aromatic carbocycles. The van der Waals surface area contributed by atoms with Gasteiger partial charge in [-0.3, -0.25) is 4.79 Å². The van der Waals surface area contributed by atoms with E-state index in [1.165, 1.54) is 17.7 Å². The molecule has 1 amide bonds. The fourth-order valence-corrected chi connectivity index (χ4v) is 3.69. The molecule has 0 saturated carbocycles. The first kappa shape index (κ1) is 20.8. The molecule has 6 nitrogen and oxygen atoms in total. The molecular formula is C24H26FN5O. The number of hydrogen-bond donors (Lipinski definition) is 2. The monoisotopic (exact) mass is 419 g/mol. The molecule has 1 aliphatic heterocycles. The number of amides is 1. The third-order valence-electron chi connectivity index (χ3n) is 5.44. The van der Waals surface area contributed by atoms with E-state index in [1.54, 1.807) is 18.3 Å². The maximum atomic E-state index is 13.1. The Balaban J connectivity index is 1.37. The highest BCUT2D eigenvalue weighted by Crippen LogP contribution is 2.23. The molecular weight excluding hydrogens is 393 g/mol. The van der Waals surface area contributed by atoms with E-state index >= 15 is 0 Å². The molecule has 0 aliphatic carbocycles. The number of hydrogen-bond acceptors (Lipinski definition) is 5. The smallest absolute Gasteiger partial charge is 0.229 e. The molecule has 3 aromatic rings. The van der Waals surface area contributed by atoms with Gasteiger partial charge in [-0.1, -0.05) is 29.8 Å². The number of aryl methyl sites for hydroxylation is 1. The summed E-state index contributed by atoms with van der Waals surface area (Å²) in [6.07, 6.45) is 3.48. The highest BCUT2D eigenvalue weighted by Gasteiger charge is 2.26. The lowest BCUT2D eigenvalue weighted by Crippen LogP contribution is -2.43. The number of piperidine rings is 1. The van der Waals surface area contributed by atoms with E-state index in [0.29, 0.717) is 24.7 Å². The third-order valence-corrected chi connectivity index (χ3v) is 5.44. The summed E-state index contributed by atoms with van der Waals surface area (Å²) < 4.78 is 13.1. The summed E-state index contributed by atoms with van der Waals surface area (Å²) >= 11 is 0. The first-order chi connectivity index (χ1) is 15.1. The highest BCUT2D eigenvalue weighted by molar-refractivity contribution is 5.79. The fourth-order valence-electron chi connectivity index (χ4n) is 3.69. The van der Waals surface area contributed by atoms with Gasteiger partial charge in [-0.15, -0.1) is 0 Å². The molecule has 1 aromatic heterocycles. The van der Waals surface area contributed by atoms with E-state index in [4.69, 9.17) is 0 Å². The molecule has 1 aliphatic rings. The number of carbonyl (C=O) groups excluding carboxylic acids is 1. The average molecular weight is 420 g/mol. The number of halogens is 1. The lowest BCUT2D eigenvalue weighted by Gasteiger charge is -2.33. The van der Waals surface area contributed by atoms with Crippen molar-refractivity contribution in [3.63, 3.8) is 0 Å². The van der Waals surface area contributed by atoms with Crippen molar-refractivity contribution < 1.29 is 9.18 Å². The molecule has 0 radical (unpaired) electrons.